The van der Waals surface area contributed by atoms with Crippen molar-refractivity contribution in [3.05, 3.63) is 72.3 Å². The summed E-state index contributed by atoms with van der Waals surface area (Å²) < 4.78 is 42.2. The molecule has 0 radical (unpaired) electrons. The number of aromatic nitrogens is 3. The highest BCUT2D eigenvalue weighted by Gasteiger charge is 2.44. The topological polar surface area (TPSA) is 55.7 Å². The van der Waals surface area contributed by atoms with Crippen molar-refractivity contribution in [1.29, 1.82) is 0 Å². The number of hydrogen-bond acceptors (Lipinski definition) is 6. The number of nitrogens with zero attached hydrogens (tertiary/aromatic N) is 5. The number of ether oxygens (including phenoxy) is 2. The first kappa shape index (κ1) is 22.7. The molecule has 0 aliphatic carbocycles. The van der Waals surface area contributed by atoms with E-state index < -0.39 is 17.2 Å². The Hall–Kier alpha value is -3.04. The van der Waals surface area contributed by atoms with Gasteiger partial charge in [0.2, 0.25) is 0 Å². The monoisotopic (exact) mass is 469 g/mol. The zero-order valence-electron chi connectivity index (χ0n) is 19.2. The molecule has 2 aromatic carbocycles. The number of likely N-dealkylation sites (N-methyl/N-ethyl adjacent to an activating group) is 1. The van der Waals surface area contributed by atoms with Crippen LogP contribution in [0.3, 0.4) is 0 Å². The van der Waals surface area contributed by atoms with Crippen molar-refractivity contribution < 1.29 is 18.3 Å². The summed E-state index contributed by atoms with van der Waals surface area (Å²) >= 11 is 0. The number of piperazine rings is 1. The summed E-state index contributed by atoms with van der Waals surface area (Å²) in [4.78, 5) is 8.69. The molecule has 2 saturated heterocycles. The van der Waals surface area contributed by atoms with Crippen LogP contribution >= 0.6 is 0 Å². The fraction of sp³-hybridized carbons (Fsp3) is 0.440. The van der Waals surface area contributed by atoms with Crippen LogP contribution in [0, 0.1) is 17.6 Å². The average Bonchev–Trinajstić information content (AvgIpc) is 3.49. The first-order chi connectivity index (χ1) is 16.5. The van der Waals surface area contributed by atoms with E-state index in [4.69, 9.17) is 9.47 Å². The second-order valence-electron chi connectivity index (χ2n) is 9.19. The van der Waals surface area contributed by atoms with Gasteiger partial charge in [-0.1, -0.05) is 6.07 Å². The minimum Gasteiger partial charge on any atom is -0.493 e. The van der Waals surface area contributed by atoms with Crippen molar-refractivity contribution in [2.45, 2.75) is 18.6 Å². The molecule has 0 spiro atoms. The summed E-state index contributed by atoms with van der Waals surface area (Å²) in [6.45, 7) is 5.29. The number of anilines is 1. The van der Waals surface area contributed by atoms with Crippen molar-refractivity contribution in [3.8, 4) is 5.75 Å². The van der Waals surface area contributed by atoms with Crippen LogP contribution in [0.25, 0.3) is 0 Å². The van der Waals surface area contributed by atoms with E-state index in [2.05, 4.69) is 39.1 Å². The van der Waals surface area contributed by atoms with Gasteiger partial charge in [0.15, 0.2) is 0 Å². The molecule has 34 heavy (non-hydrogen) atoms. The first-order valence-electron chi connectivity index (χ1n) is 11.6. The van der Waals surface area contributed by atoms with Gasteiger partial charge in [-0.3, -0.25) is 0 Å². The Bertz CT molecular complexity index is 1090. The summed E-state index contributed by atoms with van der Waals surface area (Å²) in [6.07, 6.45) is 3.52. The van der Waals surface area contributed by atoms with Gasteiger partial charge >= 0.3 is 0 Å². The van der Waals surface area contributed by atoms with Gasteiger partial charge < -0.3 is 19.3 Å². The second-order valence-corrected chi connectivity index (χ2v) is 9.19. The van der Waals surface area contributed by atoms with Crippen LogP contribution in [-0.4, -0.2) is 66.1 Å². The number of benzene rings is 2. The molecule has 3 heterocycles. The van der Waals surface area contributed by atoms with Crippen LogP contribution < -0.4 is 9.64 Å². The minimum atomic E-state index is -0.967. The van der Waals surface area contributed by atoms with E-state index in [9.17, 15) is 8.78 Å². The maximum atomic E-state index is 14.8. The van der Waals surface area contributed by atoms with E-state index in [1.165, 1.54) is 24.1 Å². The van der Waals surface area contributed by atoms with E-state index in [-0.39, 0.29) is 12.5 Å². The van der Waals surface area contributed by atoms with Gasteiger partial charge in [0, 0.05) is 49.4 Å². The largest absolute Gasteiger partial charge is 0.493 e. The summed E-state index contributed by atoms with van der Waals surface area (Å²) in [5.74, 6) is -0.402. The molecule has 9 heteroatoms. The first-order valence-corrected chi connectivity index (χ1v) is 11.6. The fourth-order valence-electron chi connectivity index (χ4n) is 4.82. The zero-order valence-corrected chi connectivity index (χ0v) is 19.2. The molecule has 2 aliphatic rings. The lowest BCUT2D eigenvalue weighted by Gasteiger charge is -2.34. The summed E-state index contributed by atoms with van der Waals surface area (Å²) in [5.41, 5.74) is 0.553. The molecule has 0 bridgehead atoms. The molecule has 0 unspecified atom stereocenters. The molecule has 0 N–H and O–H groups in total. The molecule has 7 nitrogen and oxygen atoms in total. The number of hydrogen-bond donors (Lipinski definition) is 0. The van der Waals surface area contributed by atoms with Gasteiger partial charge in [0.1, 0.15) is 35.6 Å². The van der Waals surface area contributed by atoms with Gasteiger partial charge in [-0.25, -0.2) is 18.4 Å². The highest BCUT2D eigenvalue weighted by molar-refractivity contribution is 5.49. The van der Waals surface area contributed by atoms with Gasteiger partial charge in [0.25, 0.3) is 0 Å². The van der Waals surface area contributed by atoms with Gasteiger partial charge in [-0.05, 0) is 43.8 Å². The molecule has 3 aromatic rings. The molecule has 2 fully saturated rings. The minimum absolute atomic E-state index is 0.0466. The second kappa shape index (κ2) is 9.68. The van der Waals surface area contributed by atoms with E-state index >= 15 is 0 Å². The Morgan fingerprint density at radius 3 is 2.59 bits per heavy atom. The lowest BCUT2D eigenvalue weighted by Crippen LogP contribution is -2.44. The van der Waals surface area contributed by atoms with Crippen molar-refractivity contribution >= 4 is 5.69 Å². The van der Waals surface area contributed by atoms with Crippen molar-refractivity contribution in [2.24, 2.45) is 5.92 Å². The molecule has 0 saturated carbocycles. The Morgan fingerprint density at radius 1 is 1.09 bits per heavy atom. The lowest BCUT2D eigenvalue weighted by molar-refractivity contribution is -0.0206. The summed E-state index contributed by atoms with van der Waals surface area (Å²) in [7, 11) is 2.14. The predicted molar refractivity (Wildman–Crippen MR) is 124 cm³/mol. The molecule has 0 amide bonds. The van der Waals surface area contributed by atoms with Crippen molar-refractivity contribution in [3.63, 3.8) is 0 Å². The van der Waals surface area contributed by atoms with E-state index in [1.54, 1.807) is 11.0 Å². The maximum Gasteiger partial charge on any atom is 0.137 e. The lowest BCUT2D eigenvalue weighted by atomic mass is 9.87. The molecule has 2 atom stereocenters. The Kier molecular flexibility index (Phi) is 6.47. The van der Waals surface area contributed by atoms with Crippen molar-refractivity contribution in [2.75, 3.05) is 51.3 Å². The van der Waals surface area contributed by atoms with Gasteiger partial charge in [-0.15, -0.1) is 0 Å². The highest BCUT2D eigenvalue weighted by Crippen LogP contribution is 2.42. The number of halogens is 2. The molecule has 180 valence electrons. The normalized spacial score (nSPS) is 23.4. The van der Waals surface area contributed by atoms with Gasteiger partial charge in [0.05, 0.1) is 19.8 Å². The third-order valence-corrected chi connectivity index (χ3v) is 6.71. The fourth-order valence-corrected chi connectivity index (χ4v) is 4.82. The third kappa shape index (κ3) is 4.90. The Morgan fingerprint density at radius 2 is 1.88 bits per heavy atom. The van der Waals surface area contributed by atoms with Crippen LogP contribution in [0.1, 0.15) is 12.0 Å². The summed E-state index contributed by atoms with van der Waals surface area (Å²) in [6, 6.07) is 11.8. The van der Waals surface area contributed by atoms with E-state index in [0.717, 1.165) is 38.0 Å². The Balaban J connectivity index is 1.25. The Labute approximate surface area is 197 Å². The quantitative estimate of drug-likeness (QED) is 0.529. The highest BCUT2D eigenvalue weighted by atomic mass is 19.1. The molecule has 5 rings (SSSR count). The zero-order chi connectivity index (χ0) is 23.5. The third-order valence-electron chi connectivity index (χ3n) is 6.71. The standard InChI is InChI=1S/C25H29F2N5O2/c1-30-8-10-31(11-9-30)21-3-5-22(6-4-21)33-14-19-13-25(34-15-19,16-32-18-28-17-29-32)23-7-2-20(26)12-24(23)27/h2-7,12,17-19H,8-11,13-16H2,1H3/t19-,25+/m1/s1. The molecular weight excluding hydrogens is 440 g/mol. The summed E-state index contributed by atoms with van der Waals surface area (Å²) in [5, 5.41) is 4.16. The van der Waals surface area contributed by atoms with E-state index in [1.807, 2.05) is 12.1 Å². The SMILES string of the molecule is CN1CCN(c2ccc(OC[C@@H]3CO[C@@](Cn4cncn4)(c4ccc(F)cc4F)C3)cc2)CC1. The van der Waals surface area contributed by atoms with Crippen LogP contribution in [-0.2, 0) is 16.9 Å². The van der Waals surface area contributed by atoms with Crippen LogP contribution in [0.5, 0.6) is 5.75 Å². The van der Waals surface area contributed by atoms with Crippen molar-refractivity contribution in [1.82, 2.24) is 19.7 Å². The van der Waals surface area contributed by atoms with Gasteiger partial charge in [-0.2, -0.15) is 5.10 Å². The van der Waals surface area contributed by atoms with Crippen LogP contribution in [0.2, 0.25) is 0 Å². The van der Waals surface area contributed by atoms with Crippen LogP contribution in [0.15, 0.2) is 55.1 Å². The van der Waals surface area contributed by atoms with Crippen LogP contribution in [0.4, 0.5) is 14.5 Å². The molecular formula is C25H29F2N5O2. The smallest absolute Gasteiger partial charge is 0.137 e. The predicted octanol–water partition coefficient (Wildman–Crippen LogP) is 3.32. The molecule has 1 aromatic heterocycles. The maximum absolute atomic E-state index is 14.8. The van der Waals surface area contributed by atoms with E-state index in [0.29, 0.717) is 25.2 Å². The number of rotatable bonds is 7. The average molecular weight is 470 g/mol. The molecule has 2 aliphatic heterocycles.